The first kappa shape index (κ1) is 16.6. The molecule has 26 heavy (non-hydrogen) atoms. The summed E-state index contributed by atoms with van der Waals surface area (Å²) in [6.45, 7) is 5.88. The number of benzene rings is 1. The second-order valence-corrected chi connectivity index (χ2v) is 6.48. The number of nitrogens with one attached hydrogen (secondary N) is 2. The van der Waals surface area contributed by atoms with Gasteiger partial charge in [0.2, 0.25) is 23.8 Å². The van der Waals surface area contributed by atoms with E-state index in [0.717, 1.165) is 24.1 Å². The third-order valence-corrected chi connectivity index (χ3v) is 4.59. The molecule has 2 aromatic heterocycles. The second kappa shape index (κ2) is 6.78. The molecule has 1 aliphatic rings. The van der Waals surface area contributed by atoms with Crippen LogP contribution in [-0.2, 0) is 7.05 Å². The van der Waals surface area contributed by atoms with Gasteiger partial charge in [0.05, 0.1) is 11.0 Å². The van der Waals surface area contributed by atoms with Crippen LogP contribution in [0.15, 0.2) is 24.3 Å². The highest BCUT2D eigenvalue weighted by molar-refractivity contribution is 5.79. The monoisotopic (exact) mass is 352 g/mol. The van der Waals surface area contributed by atoms with E-state index in [-0.39, 0.29) is 0 Å². The van der Waals surface area contributed by atoms with Crippen molar-refractivity contribution in [2.24, 2.45) is 7.05 Å². The number of fused-ring (bicyclic) bond motifs is 1. The third kappa shape index (κ3) is 3.26. The summed E-state index contributed by atoms with van der Waals surface area (Å²) in [6, 6.07) is 8.51. The minimum absolute atomic E-state index is 0.477. The summed E-state index contributed by atoms with van der Waals surface area (Å²) in [7, 11) is 1.98. The van der Waals surface area contributed by atoms with E-state index < -0.39 is 0 Å². The number of rotatable bonds is 7. The Hall–Kier alpha value is -2.90. The Labute approximate surface area is 152 Å². The van der Waals surface area contributed by atoms with E-state index in [9.17, 15) is 0 Å². The smallest absolute Gasteiger partial charge is 0.236 e. The average Bonchev–Trinajstić information content (AvgIpc) is 3.40. The zero-order valence-corrected chi connectivity index (χ0v) is 15.4. The highest BCUT2D eigenvalue weighted by Gasteiger charge is 2.23. The highest BCUT2D eigenvalue weighted by Crippen LogP contribution is 2.25. The molecule has 0 atom stereocenters. The van der Waals surface area contributed by atoms with Gasteiger partial charge in [-0.05, 0) is 38.8 Å². The lowest BCUT2D eigenvalue weighted by Crippen LogP contribution is -2.25. The van der Waals surface area contributed by atoms with Gasteiger partial charge in [0, 0.05) is 26.2 Å². The van der Waals surface area contributed by atoms with Gasteiger partial charge in [-0.3, -0.25) is 5.32 Å². The molecular weight excluding hydrogens is 328 g/mol. The van der Waals surface area contributed by atoms with E-state index in [1.54, 1.807) is 0 Å². The van der Waals surface area contributed by atoms with Crippen LogP contribution in [0.1, 0.15) is 26.7 Å². The van der Waals surface area contributed by atoms with Crippen LogP contribution in [0.25, 0.3) is 11.0 Å². The number of aromatic nitrogens is 5. The minimum atomic E-state index is 0.477. The number of anilines is 4. The Balaban J connectivity index is 1.69. The van der Waals surface area contributed by atoms with Gasteiger partial charge in [-0.25, -0.2) is 4.98 Å². The zero-order valence-electron chi connectivity index (χ0n) is 15.4. The predicted octanol–water partition coefficient (Wildman–Crippen LogP) is 2.92. The topological polar surface area (TPSA) is 83.8 Å². The molecule has 3 aromatic rings. The molecule has 136 valence electrons. The van der Waals surface area contributed by atoms with Gasteiger partial charge in [-0.1, -0.05) is 12.1 Å². The first-order valence-corrected chi connectivity index (χ1v) is 9.14. The fraction of sp³-hybridized carbons (Fsp3) is 0.444. The molecule has 1 aromatic carbocycles. The average molecular weight is 352 g/mol. The Bertz CT molecular complexity index is 911. The van der Waals surface area contributed by atoms with Crippen molar-refractivity contribution in [2.45, 2.75) is 32.7 Å². The number of aryl methyl sites for hydroxylation is 1. The maximum Gasteiger partial charge on any atom is 0.236 e. The molecule has 2 heterocycles. The fourth-order valence-corrected chi connectivity index (χ4v) is 2.90. The van der Waals surface area contributed by atoms with E-state index in [1.807, 2.05) is 35.9 Å². The van der Waals surface area contributed by atoms with Crippen molar-refractivity contribution in [3.63, 3.8) is 0 Å². The summed E-state index contributed by atoms with van der Waals surface area (Å²) >= 11 is 0. The van der Waals surface area contributed by atoms with Crippen molar-refractivity contribution in [1.82, 2.24) is 24.5 Å². The molecule has 8 heteroatoms. The van der Waals surface area contributed by atoms with E-state index in [4.69, 9.17) is 0 Å². The Morgan fingerprint density at radius 2 is 1.77 bits per heavy atom. The summed E-state index contributed by atoms with van der Waals surface area (Å²) in [6.07, 6.45) is 2.33. The number of imidazole rings is 1. The van der Waals surface area contributed by atoms with Crippen molar-refractivity contribution < 1.29 is 0 Å². The maximum atomic E-state index is 4.64. The molecule has 8 nitrogen and oxygen atoms in total. The molecule has 2 N–H and O–H groups in total. The van der Waals surface area contributed by atoms with Crippen molar-refractivity contribution in [2.75, 3.05) is 28.6 Å². The Kier molecular flexibility index (Phi) is 4.32. The van der Waals surface area contributed by atoms with Gasteiger partial charge in [-0.2, -0.15) is 15.0 Å². The van der Waals surface area contributed by atoms with Gasteiger partial charge >= 0.3 is 0 Å². The first-order chi connectivity index (χ1) is 12.7. The lowest BCUT2D eigenvalue weighted by atomic mass is 10.3. The van der Waals surface area contributed by atoms with E-state index in [2.05, 4.69) is 49.3 Å². The molecule has 0 spiro atoms. The van der Waals surface area contributed by atoms with Crippen LogP contribution in [0.4, 0.5) is 23.8 Å². The summed E-state index contributed by atoms with van der Waals surface area (Å²) < 4.78 is 2.00. The zero-order chi connectivity index (χ0) is 18.1. The van der Waals surface area contributed by atoms with Gasteiger partial charge in [0.1, 0.15) is 0 Å². The fourth-order valence-electron chi connectivity index (χ4n) is 2.90. The number of para-hydroxylation sites is 2. The lowest BCUT2D eigenvalue weighted by Gasteiger charge is -2.19. The van der Waals surface area contributed by atoms with Crippen LogP contribution in [0.2, 0.25) is 0 Å². The van der Waals surface area contributed by atoms with Crippen LogP contribution in [0.3, 0.4) is 0 Å². The third-order valence-electron chi connectivity index (χ3n) is 4.59. The molecule has 0 aliphatic heterocycles. The van der Waals surface area contributed by atoms with Crippen LogP contribution < -0.4 is 15.5 Å². The second-order valence-electron chi connectivity index (χ2n) is 6.48. The quantitative estimate of drug-likeness (QED) is 0.676. The van der Waals surface area contributed by atoms with Crippen molar-refractivity contribution in [3.8, 4) is 0 Å². The molecule has 0 saturated heterocycles. The molecule has 1 saturated carbocycles. The Morgan fingerprint density at radius 3 is 2.46 bits per heavy atom. The molecule has 0 amide bonds. The van der Waals surface area contributed by atoms with Crippen molar-refractivity contribution in [1.29, 1.82) is 0 Å². The molecule has 0 unspecified atom stereocenters. The minimum Gasteiger partial charge on any atom is -0.351 e. The maximum absolute atomic E-state index is 4.64. The summed E-state index contributed by atoms with van der Waals surface area (Å²) in [5.74, 6) is 2.50. The van der Waals surface area contributed by atoms with Gasteiger partial charge in [0.25, 0.3) is 0 Å². The molecule has 4 rings (SSSR count). The van der Waals surface area contributed by atoms with Crippen molar-refractivity contribution >= 4 is 34.8 Å². The van der Waals surface area contributed by atoms with Gasteiger partial charge < -0.3 is 14.8 Å². The summed E-state index contributed by atoms with van der Waals surface area (Å²) in [5.41, 5.74) is 2.00. The number of hydrogen-bond acceptors (Lipinski definition) is 7. The standard InChI is InChI=1S/C18H24N8/c1-4-26(5-2)18-23-15(19-12-10-11-12)21-16(24-18)22-17-20-13-8-6-7-9-14(13)25(17)3/h6-9,12H,4-5,10-11H2,1-3H3,(H2,19,20,21,22,23,24). The van der Waals surface area contributed by atoms with Crippen LogP contribution in [0, 0.1) is 0 Å². The Morgan fingerprint density at radius 1 is 1.04 bits per heavy atom. The normalized spacial score (nSPS) is 13.8. The SMILES string of the molecule is CCN(CC)c1nc(Nc2nc3ccccc3n2C)nc(NC2CC2)n1. The van der Waals surface area contributed by atoms with E-state index >= 15 is 0 Å². The van der Waals surface area contributed by atoms with Gasteiger partial charge in [0.15, 0.2) is 0 Å². The highest BCUT2D eigenvalue weighted by atomic mass is 15.3. The van der Waals surface area contributed by atoms with Crippen LogP contribution in [-0.4, -0.2) is 43.6 Å². The first-order valence-electron chi connectivity index (χ1n) is 9.14. The predicted molar refractivity (Wildman–Crippen MR) is 104 cm³/mol. The molecule has 0 bridgehead atoms. The molecular formula is C18H24N8. The number of nitrogens with zero attached hydrogens (tertiary/aromatic N) is 6. The summed E-state index contributed by atoms with van der Waals surface area (Å²) in [5, 5.41) is 6.63. The van der Waals surface area contributed by atoms with Gasteiger partial charge in [-0.15, -0.1) is 0 Å². The number of hydrogen-bond donors (Lipinski definition) is 2. The molecule has 0 radical (unpaired) electrons. The van der Waals surface area contributed by atoms with Crippen molar-refractivity contribution in [3.05, 3.63) is 24.3 Å². The van der Waals surface area contributed by atoms with Crippen LogP contribution >= 0.6 is 0 Å². The van der Waals surface area contributed by atoms with E-state index in [1.165, 1.54) is 12.8 Å². The molecule has 1 fully saturated rings. The largest absolute Gasteiger partial charge is 0.351 e. The van der Waals surface area contributed by atoms with E-state index in [0.29, 0.717) is 29.8 Å². The summed E-state index contributed by atoms with van der Waals surface area (Å²) in [4.78, 5) is 20.5. The lowest BCUT2D eigenvalue weighted by molar-refractivity contribution is 0.812. The van der Waals surface area contributed by atoms with Crippen LogP contribution in [0.5, 0.6) is 0 Å². The molecule has 1 aliphatic carbocycles.